The van der Waals surface area contributed by atoms with Crippen molar-refractivity contribution in [2.75, 3.05) is 13.2 Å². The van der Waals surface area contributed by atoms with Gasteiger partial charge in [0.05, 0.1) is 0 Å². The lowest BCUT2D eigenvalue weighted by atomic mass is 10.1. The Labute approximate surface area is 81.5 Å². The summed E-state index contributed by atoms with van der Waals surface area (Å²) in [5.74, 6) is 0. The quantitative estimate of drug-likeness (QED) is 0.545. The smallest absolute Gasteiger partial charge is 0.0469 e. The van der Waals surface area contributed by atoms with Gasteiger partial charge in [-0.25, -0.2) is 0 Å². The molecule has 13 heavy (non-hydrogen) atoms. The molecule has 0 atom stereocenters. The van der Waals surface area contributed by atoms with Crippen molar-refractivity contribution in [3.05, 3.63) is 23.8 Å². The fourth-order valence-corrected chi connectivity index (χ4v) is 1.42. The molecule has 0 aromatic carbocycles. The third-order valence-electron chi connectivity index (χ3n) is 2.24. The first kappa shape index (κ1) is 10.5. The highest BCUT2D eigenvalue weighted by Crippen LogP contribution is 2.14. The third-order valence-corrected chi connectivity index (χ3v) is 2.24. The Hall–Kier alpha value is -0.560. The number of hydrogen-bond acceptors (Lipinski definition) is 1. The van der Waals surface area contributed by atoms with E-state index in [1.807, 2.05) is 0 Å². The van der Waals surface area contributed by atoms with Gasteiger partial charge in [-0.2, -0.15) is 0 Å². The zero-order chi connectivity index (χ0) is 9.36. The van der Waals surface area contributed by atoms with E-state index in [9.17, 15) is 0 Å². The Balaban J connectivity index is 1.86. The van der Waals surface area contributed by atoms with E-state index in [-0.39, 0.29) is 0 Å². The summed E-state index contributed by atoms with van der Waals surface area (Å²) in [4.78, 5) is 0. The van der Waals surface area contributed by atoms with Crippen LogP contribution >= 0.6 is 0 Å². The first-order valence-electron chi connectivity index (χ1n) is 5.37. The largest absolute Gasteiger partial charge is 0.381 e. The highest BCUT2D eigenvalue weighted by Gasteiger charge is 1.97. The maximum atomic E-state index is 5.48. The van der Waals surface area contributed by atoms with Crippen LogP contribution in [0.4, 0.5) is 0 Å². The van der Waals surface area contributed by atoms with Crippen LogP contribution in [-0.2, 0) is 4.74 Å². The van der Waals surface area contributed by atoms with Gasteiger partial charge in [0.25, 0.3) is 0 Å². The van der Waals surface area contributed by atoms with Crippen molar-refractivity contribution in [2.45, 2.75) is 39.0 Å². The second kappa shape index (κ2) is 6.90. The molecule has 1 aliphatic rings. The van der Waals surface area contributed by atoms with Crippen LogP contribution in [-0.4, -0.2) is 13.2 Å². The molecule has 0 N–H and O–H groups in total. The topological polar surface area (TPSA) is 9.23 Å². The molecule has 0 radical (unpaired) electrons. The molecule has 74 valence electrons. The molecule has 1 heteroatoms. The highest BCUT2D eigenvalue weighted by molar-refractivity contribution is 5.25. The normalized spacial score (nSPS) is 15.0. The van der Waals surface area contributed by atoms with Crippen molar-refractivity contribution in [1.29, 1.82) is 0 Å². The van der Waals surface area contributed by atoms with Crippen LogP contribution < -0.4 is 0 Å². The van der Waals surface area contributed by atoms with Gasteiger partial charge >= 0.3 is 0 Å². The average Bonchev–Trinajstić information content (AvgIpc) is 2.63. The van der Waals surface area contributed by atoms with Crippen LogP contribution in [0.3, 0.4) is 0 Å². The van der Waals surface area contributed by atoms with Gasteiger partial charge in [0, 0.05) is 13.2 Å². The molecule has 0 aromatic rings. The maximum Gasteiger partial charge on any atom is 0.0469 e. The van der Waals surface area contributed by atoms with Crippen LogP contribution in [0, 0.1) is 0 Å². The van der Waals surface area contributed by atoms with Gasteiger partial charge in [-0.1, -0.05) is 37.1 Å². The maximum absolute atomic E-state index is 5.48. The van der Waals surface area contributed by atoms with Crippen LogP contribution in [0.2, 0.25) is 0 Å². The Morgan fingerprint density at radius 3 is 2.85 bits per heavy atom. The second-order valence-corrected chi connectivity index (χ2v) is 3.49. The van der Waals surface area contributed by atoms with Gasteiger partial charge in [-0.15, -0.1) is 0 Å². The summed E-state index contributed by atoms with van der Waals surface area (Å²) in [6.45, 7) is 4.05. The lowest BCUT2D eigenvalue weighted by Crippen LogP contribution is -1.96. The molecular weight excluding hydrogens is 160 g/mol. The van der Waals surface area contributed by atoms with Gasteiger partial charge in [-0.3, -0.25) is 0 Å². The van der Waals surface area contributed by atoms with Crippen molar-refractivity contribution < 1.29 is 4.74 Å². The molecule has 0 unspecified atom stereocenters. The molecule has 0 fully saturated rings. The Kier molecular flexibility index (Phi) is 5.59. The Morgan fingerprint density at radius 1 is 1.31 bits per heavy atom. The predicted molar refractivity (Wildman–Crippen MR) is 56.8 cm³/mol. The molecule has 0 spiro atoms. The number of hydrogen-bond donors (Lipinski definition) is 0. The number of ether oxygens (including phenoxy) is 1. The minimum absolute atomic E-state index is 0.922. The fraction of sp³-hybridized carbons (Fsp3) is 0.667. The molecule has 0 aromatic heterocycles. The summed E-state index contributed by atoms with van der Waals surface area (Å²) < 4.78 is 5.48. The van der Waals surface area contributed by atoms with E-state index in [1.165, 1.54) is 31.3 Å². The van der Waals surface area contributed by atoms with Crippen molar-refractivity contribution in [3.8, 4) is 0 Å². The van der Waals surface area contributed by atoms with Crippen LogP contribution in [0.15, 0.2) is 23.8 Å². The van der Waals surface area contributed by atoms with Gasteiger partial charge in [0.1, 0.15) is 0 Å². The zero-order valence-corrected chi connectivity index (χ0v) is 8.59. The highest BCUT2D eigenvalue weighted by atomic mass is 16.5. The minimum atomic E-state index is 0.922. The Morgan fingerprint density at radius 2 is 2.15 bits per heavy atom. The Bertz CT molecular complexity index is 180. The fourth-order valence-electron chi connectivity index (χ4n) is 1.42. The van der Waals surface area contributed by atoms with Crippen molar-refractivity contribution in [2.24, 2.45) is 0 Å². The average molecular weight is 180 g/mol. The van der Waals surface area contributed by atoms with E-state index in [4.69, 9.17) is 4.74 Å². The molecule has 1 aliphatic carbocycles. The molecule has 0 aliphatic heterocycles. The van der Waals surface area contributed by atoms with Crippen molar-refractivity contribution in [3.63, 3.8) is 0 Å². The molecule has 0 bridgehead atoms. The summed E-state index contributed by atoms with van der Waals surface area (Å²) >= 11 is 0. The van der Waals surface area contributed by atoms with Gasteiger partial charge < -0.3 is 4.74 Å². The third kappa shape index (κ3) is 4.89. The van der Waals surface area contributed by atoms with Gasteiger partial charge in [-0.05, 0) is 25.7 Å². The number of rotatable bonds is 7. The first-order valence-corrected chi connectivity index (χ1v) is 5.37. The summed E-state index contributed by atoms with van der Waals surface area (Å²) in [7, 11) is 0. The monoisotopic (exact) mass is 180 g/mol. The molecule has 1 rings (SSSR count). The van der Waals surface area contributed by atoms with E-state index in [0.29, 0.717) is 0 Å². The van der Waals surface area contributed by atoms with Crippen LogP contribution in [0.25, 0.3) is 0 Å². The predicted octanol–water partition coefficient (Wildman–Crippen LogP) is 3.47. The molecule has 0 amide bonds. The summed E-state index contributed by atoms with van der Waals surface area (Å²) in [5.41, 5.74) is 1.49. The minimum Gasteiger partial charge on any atom is -0.381 e. The molecule has 0 saturated heterocycles. The molecular formula is C12H20O. The van der Waals surface area contributed by atoms with E-state index in [1.54, 1.807) is 0 Å². The second-order valence-electron chi connectivity index (χ2n) is 3.49. The number of allylic oxidation sites excluding steroid dienone is 4. The SMILES string of the molecule is CCCCOCCCC1=CCC=C1. The summed E-state index contributed by atoms with van der Waals surface area (Å²) in [6, 6.07) is 0. The molecule has 0 saturated carbocycles. The van der Waals surface area contributed by atoms with Crippen LogP contribution in [0.1, 0.15) is 39.0 Å². The zero-order valence-electron chi connectivity index (χ0n) is 8.59. The van der Waals surface area contributed by atoms with Crippen LogP contribution in [0.5, 0.6) is 0 Å². The lowest BCUT2D eigenvalue weighted by molar-refractivity contribution is 0.129. The summed E-state index contributed by atoms with van der Waals surface area (Å²) in [6.07, 6.45) is 12.6. The van der Waals surface area contributed by atoms with E-state index >= 15 is 0 Å². The molecule has 0 heterocycles. The van der Waals surface area contributed by atoms with Crippen molar-refractivity contribution >= 4 is 0 Å². The van der Waals surface area contributed by atoms with E-state index in [0.717, 1.165) is 19.6 Å². The van der Waals surface area contributed by atoms with Gasteiger partial charge in [0.15, 0.2) is 0 Å². The number of unbranched alkanes of at least 4 members (excludes halogenated alkanes) is 1. The van der Waals surface area contributed by atoms with Gasteiger partial charge in [0.2, 0.25) is 0 Å². The first-order chi connectivity index (χ1) is 6.43. The summed E-state index contributed by atoms with van der Waals surface area (Å²) in [5, 5.41) is 0. The van der Waals surface area contributed by atoms with Crippen molar-refractivity contribution in [1.82, 2.24) is 0 Å². The van der Waals surface area contributed by atoms with E-state index < -0.39 is 0 Å². The van der Waals surface area contributed by atoms with E-state index in [2.05, 4.69) is 25.2 Å². The molecule has 1 nitrogen and oxygen atoms in total. The standard InChI is InChI=1S/C12H20O/c1-2-3-10-13-11-6-9-12-7-4-5-8-12/h4,7-8H,2-3,5-6,9-11H2,1H3. The lowest BCUT2D eigenvalue weighted by Gasteiger charge is -2.02.